The van der Waals surface area contributed by atoms with Crippen LogP contribution in [0.15, 0.2) is 0 Å². The van der Waals surface area contributed by atoms with Crippen LogP contribution < -0.4 is 69.2 Å². The van der Waals surface area contributed by atoms with Gasteiger partial charge in [-0.2, -0.15) is 0 Å². The van der Waals surface area contributed by atoms with Gasteiger partial charge in [-0.25, -0.2) is 9.97 Å². The van der Waals surface area contributed by atoms with E-state index in [1.165, 1.54) is 0 Å². The lowest BCUT2D eigenvalue weighted by molar-refractivity contribution is -0.351. The van der Waals surface area contributed by atoms with Gasteiger partial charge in [0.2, 0.25) is 0 Å². The average molecular weight is 325 g/mol. The summed E-state index contributed by atoms with van der Waals surface area (Å²) in [5.41, 5.74) is 31.1. The highest BCUT2D eigenvalue weighted by molar-refractivity contribution is 5.26. The molecule has 12 nitrogen and oxygen atoms in total. The Hall–Kier alpha value is -2.60. The summed E-state index contributed by atoms with van der Waals surface area (Å²) in [4.78, 5) is 19.1. The summed E-state index contributed by atoms with van der Waals surface area (Å²) < 4.78 is 0. The highest BCUT2D eigenvalue weighted by Gasteiger charge is 2.01. The molecular weight excluding hydrogens is 311 g/mol. The first-order valence-corrected chi connectivity index (χ1v) is 4.52. The Balaban J connectivity index is 0. The second-order valence-corrected chi connectivity index (χ2v) is 2.95. The Morgan fingerprint density at radius 3 is 0.850 bits per heavy atom. The molecule has 0 spiro atoms. The molecule has 20 heavy (non-hydrogen) atoms. The van der Waals surface area contributed by atoms with Crippen LogP contribution in [-0.4, -0.2) is 19.9 Å². The zero-order chi connectivity index (χ0) is 13.7. The van der Waals surface area contributed by atoms with E-state index >= 15 is 0 Å². The molecule has 2 aromatic rings. The quantitative estimate of drug-likeness (QED) is 0.267. The molecule has 0 radical (unpaired) electrons. The molecule has 0 aliphatic rings. The maximum Gasteiger partial charge on any atom is 0.320 e. The molecule has 0 atom stereocenters. The molecular formula is C6H14Cl2N12. The summed E-state index contributed by atoms with van der Waals surface area (Å²) in [6.07, 6.45) is 0. The Bertz CT molecular complexity index is 397. The monoisotopic (exact) mass is 324 g/mol. The number of nitrogen functional groups attached to an aromatic ring is 6. The van der Waals surface area contributed by atoms with Gasteiger partial charge in [-0.3, -0.25) is 0 Å². The number of rotatable bonds is 0. The second-order valence-electron chi connectivity index (χ2n) is 2.95. The maximum absolute atomic E-state index is 5.19. The molecule has 2 heterocycles. The zero-order valence-electron chi connectivity index (χ0n) is 10.0. The summed E-state index contributed by atoms with van der Waals surface area (Å²) in [5, 5.41) is 0. The molecule has 14 N–H and O–H groups in total. The van der Waals surface area contributed by atoms with Crippen molar-refractivity contribution < 1.29 is 34.8 Å². The van der Waals surface area contributed by atoms with Crippen LogP contribution in [0.4, 0.5) is 35.7 Å². The van der Waals surface area contributed by atoms with Crippen LogP contribution in [-0.2, 0) is 0 Å². The molecule has 0 fully saturated rings. The van der Waals surface area contributed by atoms with Crippen LogP contribution in [0.3, 0.4) is 0 Å². The number of aromatic nitrogens is 6. The zero-order valence-corrected chi connectivity index (χ0v) is 11.5. The minimum absolute atomic E-state index is 0. The molecule has 0 amide bonds. The van der Waals surface area contributed by atoms with Crippen molar-refractivity contribution in [2.45, 2.75) is 0 Å². The highest BCUT2D eigenvalue weighted by Crippen LogP contribution is 1.91. The van der Waals surface area contributed by atoms with Gasteiger partial charge in [-0.05, 0) is 0 Å². The molecule has 2 rings (SSSR count). The van der Waals surface area contributed by atoms with E-state index in [4.69, 9.17) is 34.4 Å². The lowest BCUT2D eigenvalue weighted by Crippen LogP contribution is -3.00. The topological polar surface area (TPSA) is 236 Å². The normalized spacial score (nSPS) is 8.40. The third-order valence-corrected chi connectivity index (χ3v) is 1.45. The van der Waals surface area contributed by atoms with Crippen molar-refractivity contribution in [2.75, 3.05) is 34.4 Å². The van der Waals surface area contributed by atoms with E-state index in [2.05, 4.69) is 29.9 Å². The van der Waals surface area contributed by atoms with E-state index in [0.29, 0.717) is 0 Å². The second kappa shape index (κ2) is 8.49. The first kappa shape index (κ1) is 19.7. The summed E-state index contributed by atoms with van der Waals surface area (Å²) in [6, 6.07) is 0. The smallest absolute Gasteiger partial charge is 0.320 e. The lowest BCUT2D eigenvalue weighted by Gasteiger charge is -1.87. The van der Waals surface area contributed by atoms with E-state index in [9.17, 15) is 0 Å². The van der Waals surface area contributed by atoms with Gasteiger partial charge in [0, 0.05) is 0 Å². The van der Waals surface area contributed by atoms with Gasteiger partial charge in [0.15, 0.2) is 0 Å². The minimum atomic E-state index is 0. The number of aromatic amines is 2. The summed E-state index contributed by atoms with van der Waals surface area (Å²) in [5.74, 6) is 0.813. The molecule has 0 aromatic carbocycles. The molecule has 0 saturated heterocycles. The predicted molar refractivity (Wildman–Crippen MR) is 63.6 cm³/mol. The van der Waals surface area contributed by atoms with Crippen LogP contribution in [0.5, 0.6) is 0 Å². The van der Waals surface area contributed by atoms with Crippen molar-refractivity contribution in [3.05, 3.63) is 0 Å². The minimum Gasteiger partial charge on any atom is -1.00 e. The van der Waals surface area contributed by atoms with Crippen molar-refractivity contribution >= 4 is 35.7 Å². The van der Waals surface area contributed by atoms with Crippen LogP contribution in [0.2, 0.25) is 0 Å². The SMILES string of the molecule is Nc1nc(N)[nH+]c(N)n1.Nc1nc(N)[nH+]c(N)n1.[Cl-].[Cl-]. The number of hydrogen-bond donors (Lipinski definition) is 6. The summed E-state index contributed by atoms with van der Waals surface area (Å²) in [6.45, 7) is 0. The number of nitrogens with zero attached hydrogens (tertiary/aromatic N) is 4. The Morgan fingerprint density at radius 2 is 0.700 bits per heavy atom. The molecule has 14 heteroatoms. The molecule has 0 aliphatic carbocycles. The largest absolute Gasteiger partial charge is 1.00 e. The molecule has 112 valence electrons. The molecule has 2 aromatic heterocycles. The summed E-state index contributed by atoms with van der Waals surface area (Å²) >= 11 is 0. The third kappa shape index (κ3) is 6.97. The van der Waals surface area contributed by atoms with E-state index < -0.39 is 0 Å². The van der Waals surface area contributed by atoms with Gasteiger partial charge in [0.05, 0.1) is 0 Å². The van der Waals surface area contributed by atoms with Crippen molar-refractivity contribution in [3.63, 3.8) is 0 Å². The predicted octanol–water partition coefficient (Wildman–Crippen LogP) is -9.92. The number of H-pyrrole nitrogens is 2. The van der Waals surface area contributed by atoms with Crippen molar-refractivity contribution in [1.82, 2.24) is 19.9 Å². The van der Waals surface area contributed by atoms with Gasteiger partial charge in [-0.15, -0.1) is 0 Å². The van der Waals surface area contributed by atoms with Gasteiger partial charge >= 0.3 is 35.7 Å². The van der Waals surface area contributed by atoms with Gasteiger partial charge in [-0.1, -0.05) is 19.9 Å². The molecule has 0 bridgehead atoms. The van der Waals surface area contributed by atoms with Gasteiger partial charge < -0.3 is 59.2 Å². The molecule has 0 saturated carbocycles. The number of nitrogens with one attached hydrogen (secondary N) is 2. The average Bonchev–Trinajstić information content (AvgIpc) is 2.12. The standard InChI is InChI=1S/2C3H6N6.2ClH/c2*4-1-7-2(5)9-3(6)8-1;;/h2*(H6,4,5,6,7,8,9);2*1H. The van der Waals surface area contributed by atoms with Crippen LogP contribution in [0.1, 0.15) is 0 Å². The van der Waals surface area contributed by atoms with Crippen LogP contribution in [0.25, 0.3) is 0 Å². The van der Waals surface area contributed by atoms with Crippen molar-refractivity contribution in [2.24, 2.45) is 0 Å². The summed E-state index contributed by atoms with van der Waals surface area (Å²) in [7, 11) is 0. The Labute approximate surface area is 125 Å². The Kier molecular flexibility index (Phi) is 8.38. The number of nitrogens with two attached hydrogens (primary N) is 6. The highest BCUT2D eigenvalue weighted by atomic mass is 35.5. The van der Waals surface area contributed by atoms with E-state index in [1.807, 2.05) is 0 Å². The molecule has 0 aliphatic heterocycles. The lowest BCUT2D eigenvalue weighted by atomic mass is 10.9. The van der Waals surface area contributed by atoms with Gasteiger partial charge in [0.25, 0.3) is 0 Å². The van der Waals surface area contributed by atoms with Gasteiger partial charge in [0.1, 0.15) is 0 Å². The van der Waals surface area contributed by atoms with E-state index in [1.54, 1.807) is 0 Å². The number of anilines is 6. The Morgan fingerprint density at radius 1 is 0.500 bits per heavy atom. The number of halogens is 2. The first-order valence-electron chi connectivity index (χ1n) is 4.52. The fourth-order valence-electron chi connectivity index (χ4n) is 0.918. The molecule has 0 unspecified atom stereocenters. The van der Waals surface area contributed by atoms with E-state index in [-0.39, 0.29) is 60.5 Å². The number of hydrogen-bond acceptors (Lipinski definition) is 10. The fraction of sp³-hybridized carbons (Fsp3) is 0. The van der Waals surface area contributed by atoms with Crippen molar-refractivity contribution in [3.8, 4) is 0 Å². The fourth-order valence-corrected chi connectivity index (χ4v) is 0.918. The van der Waals surface area contributed by atoms with Crippen LogP contribution in [0, 0.1) is 0 Å². The first-order chi connectivity index (χ1) is 8.36. The van der Waals surface area contributed by atoms with E-state index in [0.717, 1.165) is 0 Å². The van der Waals surface area contributed by atoms with Crippen LogP contribution >= 0.6 is 0 Å². The maximum atomic E-state index is 5.19. The van der Waals surface area contributed by atoms with Crippen molar-refractivity contribution in [1.29, 1.82) is 0 Å². The third-order valence-electron chi connectivity index (χ3n) is 1.45.